The van der Waals surface area contributed by atoms with Crippen molar-refractivity contribution in [3.8, 4) is 0 Å². The lowest BCUT2D eigenvalue weighted by Gasteiger charge is -2.15. The van der Waals surface area contributed by atoms with Gasteiger partial charge < -0.3 is 10.2 Å². The van der Waals surface area contributed by atoms with Crippen LogP contribution in [0.5, 0.6) is 0 Å². The first-order chi connectivity index (χ1) is 10.9. The minimum atomic E-state index is -1.72. The van der Waals surface area contributed by atoms with Crippen molar-refractivity contribution in [2.45, 2.75) is 6.92 Å². The highest BCUT2D eigenvalue weighted by atomic mass is 35.5. The van der Waals surface area contributed by atoms with E-state index in [1.165, 1.54) is 6.92 Å². The van der Waals surface area contributed by atoms with E-state index in [-0.39, 0.29) is 19.0 Å². The van der Waals surface area contributed by atoms with Gasteiger partial charge in [-0.2, -0.15) is 0 Å². The van der Waals surface area contributed by atoms with Crippen molar-refractivity contribution in [2.75, 3.05) is 24.5 Å². The molecule has 0 atom stereocenters. The van der Waals surface area contributed by atoms with Gasteiger partial charge in [0.05, 0.1) is 12.0 Å². The number of esters is 1. The number of hydrogen-bond acceptors (Lipinski definition) is 4. The van der Waals surface area contributed by atoms with Gasteiger partial charge in [0.1, 0.15) is 11.1 Å². The molecule has 0 radical (unpaired) electrons. The Morgan fingerprint density at radius 1 is 1.35 bits per heavy atom. The van der Waals surface area contributed by atoms with Crippen LogP contribution in [0.2, 0.25) is 0 Å². The van der Waals surface area contributed by atoms with Gasteiger partial charge in [0.25, 0.3) is 0 Å². The van der Waals surface area contributed by atoms with Crippen LogP contribution in [0, 0.1) is 17.5 Å². The lowest BCUT2D eigenvalue weighted by Crippen LogP contribution is -2.26. The third-order valence-electron chi connectivity index (χ3n) is 3.00. The third-order valence-corrected chi connectivity index (χ3v) is 3.19. The van der Waals surface area contributed by atoms with Crippen LogP contribution in [-0.4, -0.2) is 29.7 Å². The normalized spacial score (nSPS) is 10.8. The lowest BCUT2D eigenvalue weighted by atomic mass is 10.1. The van der Waals surface area contributed by atoms with Gasteiger partial charge >= 0.3 is 5.97 Å². The molecule has 23 heavy (non-hydrogen) atoms. The number of halogens is 4. The Morgan fingerprint density at radius 3 is 2.65 bits per heavy atom. The van der Waals surface area contributed by atoms with Crippen LogP contribution in [0.1, 0.15) is 17.3 Å². The highest BCUT2D eigenvalue weighted by molar-refractivity contribution is 6.18. The van der Waals surface area contributed by atoms with E-state index >= 15 is 0 Å². The number of carbonyl (C=O) groups excluding carboxylic acids is 1. The summed E-state index contributed by atoms with van der Waals surface area (Å²) in [6.45, 7) is 1.68. The number of pyridine rings is 1. The van der Waals surface area contributed by atoms with E-state index in [1.807, 2.05) is 0 Å². The second-order valence-electron chi connectivity index (χ2n) is 4.44. The van der Waals surface area contributed by atoms with E-state index in [1.54, 1.807) is 0 Å². The molecular weight excluding hydrogens is 337 g/mol. The number of alkyl halides is 1. The predicted molar refractivity (Wildman–Crippen MR) is 79.0 cm³/mol. The lowest BCUT2D eigenvalue weighted by molar-refractivity contribution is 0.0524. The summed E-state index contributed by atoms with van der Waals surface area (Å²) in [6.07, 6.45) is 0.968. The molecule has 0 aliphatic carbocycles. The van der Waals surface area contributed by atoms with E-state index in [9.17, 15) is 22.8 Å². The topological polar surface area (TPSA) is 60.3 Å². The Hall–Kier alpha value is -2.22. The molecule has 2 aromatic rings. The Balaban J connectivity index is 2.83. The number of aromatic nitrogens is 1. The molecule has 1 aromatic heterocycles. The molecule has 2 rings (SSSR count). The van der Waals surface area contributed by atoms with Crippen molar-refractivity contribution < 1.29 is 22.7 Å². The zero-order valence-corrected chi connectivity index (χ0v) is 12.7. The molecule has 124 valence electrons. The summed E-state index contributed by atoms with van der Waals surface area (Å²) < 4.78 is 46.6. The van der Waals surface area contributed by atoms with Crippen molar-refractivity contribution in [1.82, 2.24) is 4.68 Å². The standard InChI is InChI=1S/C14H12ClF3N2O3/c1-2-23-14(22)8-6-20(19-4-3-15)12-7(13(8)21)5-9(16)10(17)11(12)18/h5-6,19H,2-4H2,1H3. The molecule has 0 unspecified atom stereocenters. The molecule has 5 nitrogen and oxygen atoms in total. The Morgan fingerprint density at radius 2 is 2.04 bits per heavy atom. The SMILES string of the molecule is CCOC(=O)c1cn(NCCCl)c2c(F)c(F)c(F)cc2c1=O. The minimum absolute atomic E-state index is 0.0115. The molecule has 0 aliphatic rings. The molecule has 0 bridgehead atoms. The van der Waals surface area contributed by atoms with Crippen LogP contribution in [0.25, 0.3) is 10.9 Å². The average Bonchev–Trinajstić information content (AvgIpc) is 2.52. The molecule has 0 amide bonds. The monoisotopic (exact) mass is 348 g/mol. The predicted octanol–water partition coefficient (Wildman–Crippen LogP) is 2.38. The molecule has 1 heterocycles. The summed E-state index contributed by atoms with van der Waals surface area (Å²) in [7, 11) is 0. The summed E-state index contributed by atoms with van der Waals surface area (Å²) in [4.78, 5) is 24.1. The molecule has 0 fully saturated rings. The number of benzene rings is 1. The quantitative estimate of drug-likeness (QED) is 0.512. The molecule has 1 aromatic carbocycles. The number of fused-ring (bicyclic) bond motifs is 1. The second-order valence-corrected chi connectivity index (χ2v) is 4.82. The van der Waals surface area contributed by atoms with E-state index in [4.69, 9.17) is 16.3 Å². The van der Waals surface area contributed by atoms with Crippen LogP contribution in [-0.2, 0) is 4.74 Å². The van der Waals surface area contributed by atoms with E-state index in [0.29, 0.717) is 6.07 Å². The van der Waals surface area contributed by atoms with Gasteiger partial charge in [0, 0.05) is 18.6 Å². The van der Waals surface area contributed by atoms with Crippen LogP contribution in [0.4, 0.5) is 13.2 Å². The number of nitrogens with one attached hydrogen (secondary N) is 1. The maximum atomic E-state index is 14.0. The molecule has 1 N–H and O–H groups in total. The largest absolute Gasteiger partial charge is 0.462 e. The van der Waals surface area contributed by atoms with E-state index in [2.05, 4.69) is 5.43 Å². The summed E-state index contributed by atoms with van der Waals surface area (Å²) in [5.74, 6) is -5.63. The van der Waals surface area contributed by atoms with Crippen LogP contribution in [0.15, 0.2) is 17.1 Å². The first-order valence-corrected chi connectivity index (χ1v) is 7.15. The zero-order chi connectivity index (χ0) is 17.1. The highest BCUT2D eigenvalue weighted by Crippen LogP contribution is 2.21. The number of rotatable bonds is 5. The van der Waals surface area contributed by atoms with Gasteiger partial charge in [-0.15, -0.1) is 11.6 Å². The van der Waals surface area contributed by atoms with E-state index in [0.717, 1.165) is 10.9 Å². The van der Waals surface area contributed by atoms with Crippen molar-refractivity contribution in [2.24, 2.45) is 0 Å². The smallest absolute Gasteiger partial charge is 0.343 e. The first kappa shape index (κ1) is 17.1. The summed E-state index contributed by atoms with van der Waals surface area (Å²) in [5, 5.41) is -0.492. The first-order valence-electron chi connectivity index (χ1n) is 6.62. The van der Waals surface area contributed by atoms with Gasteiger partial charge in [-0.3, -0.25) is 9.47 Å². The second kappa shape index (κ2) is 6.91. The molecule has 0 aliphatic heterocycles. The van der Waals surface area contributed by atoms with Crippen LogP contribution >= 0.6 is 11.6 Å². The molecular formula is C14H12ClF3N2O3. The number of carbonyl (C=O) groups is 1. The third kappa shape index (κ3) is 3.12. The van der Waals surface area contributed by atoms with Crippen molar-refractivity contribution >= 4 is 28.5 Å². The van der Waals surface area contributed by atoms with E-state index < -0.39 is 45.3 Å². The Kier molecular flexibility index (Phi) is 5.15. The van der Waals surface area contributed by atoms with Gasteiger partial charge in [-0.25, -0.2) is 18.0 Å². The van der Waals surface area contributed by atoms with Gasteiger partial charge in [-0.05, 0) is 13.0 Å². The fourth-order valence-corrected chi connectivity index (χ4v) is 2.12. The maximum Gasteiger partial charge on any atom is 0.343 e. The maximum absolute atomic E-state index is 14.0. The Labute approximate surface area is 133 Å². The van der Waals surface area contributed by atoms with Gasteiger partial charge in [-0.1, -0.05) is 0 Å². The van der Waals surface area contributed by atoms with Gasteiger partial charge in [0.2, 0.25) is 5.43 Å². The fraction of sp³-hybridized carbons (Fsp3) is 0.286. The molecule has 0 saturated carbocycles. The van der Waals surface area contributed by atoms with Crippen LogP contribution < -0.4 is 10.9 Å². The number of nitrogens with zero attached hydrogens (tertiary/aromatic N) is 1. The number of ether oxygens (including phenoxy) is 1. The minimum Gasteiger partial charge on any atom is -0.462 e. The fourth-order valence-electron chi connectivity index (χ4n) is 2.03. The highest BCUT2D eigenvalue weighted by Gasteiger charge is 2.22. The summed E-state index contributed by atoms with van der Waals surface area (Å²) >= 11 is 5.53. The summed E-state index contributed by atoms with van der Waals surface area (Å²) in [6, 6.07) is 0.539. The van der Waals surface area contributed by atoms with Gasteiger partial charge in [0.15, 0.2) is 17.5 Å². The Bertz CT molecular complexity index is 823. The zero-order valence-electron chi connectivity index (χ0n) is 12.0. The molecule has 9 heteroatoms. The molecule has 0 spiro atoms. The average molecular weight is 349 g/mol. The summed E-state index contributed by atoms with van der Waals surface area (Å²) in [5.41, 5.74) is 0.681. The van der Waals surface area contributed by atoms with Crippen molar-refractivity contribution in [3.05, 3.63) is 45.5 Å². The molecule has 0 saturated heterocycles. The van der Waals surface area contributed by atoms with Crippen LogP contribution in [0.3, 0.4) is 0 Å². The van der Waals surface area contributed by atoms with Crippen molar-refractivity contribution in [3.63, 3.8) is 0 Å². The number of hydrogen-bond donors (Lipinski definition) is 1. The van der Waals surface area contributed by atoms with Crippen molar-refractivity contribution in [1.29, 1.82) is 0 Å².